The van der Waals surface area contributed by atoms with Gasteiger partial charge in [0.25, 0.3) is 0 Å². The molecular formula is C12H25N. The summed E-state index contributed by atoms with van der Waals surface area (Å²) in [5.41, 5.74) is 8.84. The molecule has 0 aliphatic heterocycles. The molecule has 0 fully saturated rings. The molecule has 0 atom stereocenters. The number of allylic oxidation sites excluding steroid dienone is 2. The molecule has 0 rings (SSSR count). The summed E-state index contributed by atoms with van der Waals surface area (Å²) >= 11 is 0. The molecule has 0 aromatic rings. The highest BCUT2D eigenvalue weighted by Crippen LogP contribution is 2.29. The lowest BCUT2D eigenvalue weighted by Crippen LogP contribution is -2.16. The van der Waals surface area contributed by atoms with Crippen LogP contribution in [0.4, 0.5) is 0 Å². The van der Waals surface area contributed by atoms with Crippen LogP contribution in [0, 0.1) is 5.41 Å². The Labute approximate surface area is 83.4 Å². The molecule has 2 N–H and O–H groups in total. The first kappa shape index (κ1) is 12.5. The predicted molar refractivity (Wildman–Crippen MR) is 60.5 cm³/mol. The Kier molecular flexibility index (Phi) is 5.12. The van der Waals surface area contributed by atoms with E-state index < -0.39 is 0 Å². The predicted octanol–water partition coefficient (Wildman–Crippen LogP) is 3.85. The average molecular weight is 183 g/mol. The van der Waals surface area contributed by atoms with Crippen LogP contribution in [-0.4, -0.2) is 0 Å². The molecule has 0 aromatic heterocycles. The third-order valence-electron chi connectivity index (χ3n) is 2.67. The molecular weight excluding hydrogens is 158 g/mol. The Morgan fingerprint density at radius 3 is 2.15 bits per heavy atom. The van der Waals surface area contributed by atoms with Crippen molar-refractivity contribution in [1.82, 2.24) is 0 Å². The van der Waals surface area contributed by atoms with Gasteiger partial charge in [-0.3, -0.25) is 0 Å². The highest BCUT2D eigenvalue weighted by atomic mass is 14.6. The van der Waals surface area contributed by atoms with Gasteiger partial charge in [-0.05, 0) is 31.6 Å². The molecule has 78 valence electrons. The van der Waals surface area contributed by atoms with Gasteiger partial charge in [0.1, 0.15) is 0 Å². The van der Waals surface area contributed by atoms with Crippen LogP contribution in [0.1, 0.15) is 60.3 Å². The molecule has 0 aromatic carbocycles. The van der Waals surface area contributed by atoms with Crippen molar-refractivity contribution in [3.63, 3.8) is 0 Å². The van der Waals surface area contributed by atoms with Crippen LogP contribution in [0.3, 0.4) is 0 Å². The fraction of sp³-hybridized carbons (Fsp3) is 0.833. The van der Waals surface area contributed by atoms with Gasteiger partial charge in [-0.1, -0.05) is 39.7 Å². The van der Waals surface area contributed by atoms with Gasteiger partial charge in [0.05, 0.1) is 0 Å². The van der Waals surface area contributed by atoms with Gasteiger partial charge in [-0.25, -0.2) is 0 Å². The number of hydrogen-bond acceptors (Lipinski definition) is 1. The van der Waals surface area contributed by atoms with Gasteiger partial charge >= 0.3 is 0 Å². The Morgan fingerprint density at radius 1 is 1.23 bits per heavy atom. The summed E-state index contributed by atoms with van der Waals surface area (Å²) in [6, 6.07) is 0. The zero-order valence-corrected chi connectivity index (χ0v) is 9.91. The lowest BCUT2D eigenvalue weighted by atomic mass is 9.82. The molecule has 0 saturated heterocycles. The van der Waals surface area contributed by atoms with Gasteiger partial charge < -0.3 is 5.73 Å². The molecule has 0 heterocycles. The Hall–Kier alpha value is -0.460. The molecule has 0 saturated carbocycles. The second-order valence-electron chi connectivity index (χ2n) is 4.75. The second kappa shape index (κ2) is 5.31. The molecule has 1 nitrogen and oxygen atoms in total. The Balaban J connectivity index is 4.26. The quantitative estimate of drug-likeness (QED) is 0.688. The summed E-state index contributed by atoms with van der Waals surface area (Å²) in [6.45, 7) is 11.1. The molecule has 0 spiro atoms. The number of hydrogen-bond donors (Lipinski definition) is 1. The topological polar surface area (TPSA) is 26.0 Å². The SMILES string of the molecule is CCCC(C)(C)C/C(N)=C(/C)CC. The van der Waals surface area contributed by atoms with Crippen LogP contribution >= 0.6 is 0 Å². The zero-order valence-electron chi connectivity index (χ0n) is 9.91. The average Bonchev–Trinajstić information content (AvgIpc) is 2.01. The van der Waals surface area contributed by atoms with E-state index in [0.29, 0.717) is 5.41 Å². The van der Waals surface area contributed by atoms with E-state index in [1.54, 1.807) is 0 Å². The summed E-state index contributed by atoms with van der Waals surface area (Å²) < 4.78 is 0. The minimum absolute atomic E-state index is 0.370. The normalized spacial score (nSPS) is 14.2. The maximum atomic E-state index is 6.02. The Morgan fingerprint density at radius 2 is 1.77 bits per heavy atom. The first-order valence-electron chi connectivity index (χ1n) is 5.37. The van der Waals surface area contributed by atoms with E-state index in [4.69, 9.17) is 5.73 Å². The van der Waals surface area contributed by atoms with Crippen LogP contribution in [-0.2, 0) is 0 Å². The fourth-order valence-electron chi connectivity index (χ4n) is 1.66. The molecule has 0 unspecified atom stereocenters. The summed E-state index contributed by atoms with van der Waals surface area (Å²) in [7, 11) is 0. The smallest absolute Gasteiger partial charge is 0.00748 e. The molecule has 0 radical (unpaired) electrons. The molecule has 0 bridgehead atoms. The van der Waals surface area contributed by atoms with E-state index in [2.05, 4.69) is 34.6 Å². The van der Waals surface area contributed by atoms with E-state index in [1.807, 2.05) is 0 Å². The molecule has 0 aliphatic rings. The summed E-state index contributed by atoms with van der Waals surface area (Å²) in [5, 5.41) is 0. The van der Waals surface area contributed by atoms with Gasteiger partial charge in [-0.2, -0.15) is 0 Å². The van der Waals surface area contributed by atoms with Gasteiger partial charge in [0.15, 0.2) is 0 Å². The maximum absolute atomic E-state index is 6.02. The van der Waals surface area contributed by atoms with Crippen LogP contribution in [0.5, 0.6) is 0 Å². The maximum Gasteiger partial charge on any atom is 0.00748 e. The first-order chi connectivity index (χ1) is 5.93. The van der Waals surface area contributed by atoms with E-state index >= 15 is 0 Å². The highest BCUT2D eigenvalue weighted by molar-refractivity contribution is 5.09. The third kappa shape index (κ3) is 4.97. The van der Waals surface area contributed by atoms with Gasteiger partial charge in [-0.15, -0.1) is 0 Å². The van der Waals surface area contributed by atoms with Crippen LogP contribution < -0.4 is 5.73 Å². The van der Waals surface area contributed by atoms with Crippen molar-refractivity contribution in [2.45, 2.75) is 60.3 Å². The van der Waals surface area contributed by atoms with Gasteiger partial charge in [0, 0.05) is 5.70 Å². The van der Waals surface area contributed by atoms with Crippen molar-refractivity contribution in [3.8, 4) is 0 Å². The minimum Gasteiger partial charge on any atom is -0.402 e. The monoisotopic (exact) mass is 183 g/mol. The van der Waals surface area contributed by atoms with E-state index in [9.17, 15) is 0 Å². The highest BCUT2D eigenvalue weighted by Gasteiger charge is 2.17. The lowest BCUT2D eigenvalue weighted by molar-refractivity contribution is 0.325. The van der Waals surface area contributed by atoms with Crippen LogP contribution in [0.15, 0.2) is 11.3 Å². The van der Waals surface area contributed by atoms with E-state index in [0.717, 1.165) is 18.5 Å². The lowest BCUT2D eigenvalue weighted by Gasteiger charge is -2.25. The van der Waals surface area contributed by atoms with E-state index in [1.165, 1.54) is 18.4 Å². The van der Waals surface area contributed by atoms with Crippen LogP contribution in [0.25, 0.3) is 0 Å². The van der Waals surface area contributed by atoms with Crippen LogP contribution in [0.2, 0.25) is 0 Å². The first-order valence-corrected chi connectivity index (χ1v) is 5.37. The summed E-state index contributed by atoms with van der Waals surface area (Å²) in [5.74, 6) is 0. The second-order valence-corrected chi connectivity index (χ2v) is 4.75. The van der Waals surface area contributed by atoms with Crippen molar-refractivity contribution in [2.75, 3.05) is 0 Å². The van der Waals surface area contributed by atoms with Crippen molar-refractivity contribution in [1.29, 1.82) is 0 Å². The van der Waals surface area contributed by atoms with Gasteiger partial charge in [0.2, 0.25) is 0 Å². The molecule has 0 aliphatic carbocycles. The summed E-state index contributed by atoms with van der Waals surface area (Å²) in [6.07, 6.45) is 4.62. The standard InChI is InChI=1S/C12H25N/c1-6-8-12(4,5)9-11(13)10(3)7-2/h6-9,13H2,1-5H3/b11-10+. The molecule has 0 amide bonds. The number of rotatable bonds is 5. The molecule has 13 heavy (non-hydrogen) atoms. The van der Waals surface area contributed by atoms with Crippen molar-refractivity contribution in [2.24, 2.45) is 11.1 Å². The molecule has 1 heteroatoms. The third-order valence-corrected chi connectivity index (χ3v) is 2.67. The summed E-state index contributed by atoms with van der Waals surface area (Å²) in [4.78, 5) is 0. The fourth-order valence-corrected chi connectivity index (χ4v) is 1.66. The Bertz CT molecular complexity index is 178. The zero-order chi connectivity index (χ0) is 10.5. The van der Waals surface area contributed by atoms with Crippen molar-refractivity contribution in [3.05, 3.63) is 11.3 Å². The largest absolute Gasteiger partial charge is 0.402 e. The minimum atomic E-state index is 0.370. The van der Waals surface area contributed by atoms with Crippen molar-refractivity contribution < 1.29 is 0 Å². The van der Waals surface area contributed by atoms with E-state index in [-0.39, 0.29) is 0 Å². The number of nitrogens with two attached hydrogens (primary N) is 1. The van der Waals surface area contributed by atoms with Crippen molar-refractivity contribution >= 4 is 0 Å².